The number of sulfone groups is 1. The zero-order valence-electron chi connectivity index (χ0n) is 7.32. The van der Waals surface area contributed by atoms with Gasteiger partial charge in [0.2, 0.25) is 0 Å². The molecule has 0 bridgehead atoms. The first-order valence-corrected chi connectivity index (χ1v) is 5.63. The summed E-state index contributed by atoms with van der Waals surface area (Å²) in [6.45, 7) is 0.245. The Balaban J connectivity index is 3.30. The van der Waals surface area contributed by atoms with Crippen LogP contribution in [0.5, 0.6) is 0 Å². The van der Waals surface area contributed by atoms with E-state index in [0.29, 0.717) is 11.3 Å². The summed E-state index contributed by atoms with van der Waals surface area (Å²) in [6, 6.07) is 4.53. The SMILES string of the molecule is CS(=O)(=O)c1ccc(N)c(CN)c1. The topological polar surface area (TPSA) is 86.2 Å². The summed E-state index contributed by atoms with van der Waals surface area (Å²) in [7, 11) is -3.16. The molecule has 0 unspecified atom stereocenters. The van der Waals surface area contributed by atoms with Crippen LogP contribution in [0.25, 0.3) is 0 Å². The van der Waals surface area contributed by atoms with E-state index in [4.69, 9.17) is 11.5 Å². The van der Waals surface area contributed by atoms with E-state index < -0.39 is 9.84 Å². The van der Waals surface area contributed by atoms with E-state index in [-0.39, 0.29) is 11.4 Å². The molecule has 0 aliphatic carbocycles. The highest BCUT2D eigenvalue weighted by Gasteiger charge is 2.08. The summed E-state index contributed by atoms with van der Waals surface area (Å²) in [4.78, 5) is 0.252. The third-order valence-electron chi connectivity index (χ3n) is 1.76. The van der Waals surface area contributed by atoms with Crippen molar-refractivity contribution in [3.8, 4) is 0 Å². The summed E-state index contributed by atoms with van der Waals surface area (Å²) in [5, 5.41) is 0. The van der Waals surface area contributed by atoms with Crippen LogP contribution >= 0.6 is 0 Å². The number of hydrogen-bond donors (Lipinski definition) is 2. The van der Waals surface area contributed by atoms with Crippen molar-refractivity contribution in [3.05, 3.63) is 23.8 Å². The van der Waals surface area contributed by atoms with Gasteiger partial charge >= 0.3 is 0 Å². The van der Waals surface area contributed by atoms with Crippen molar-refractivity contribution < 1.29 is 8.42 Å². The van der Waals surface area contributed by atoms with Gasteiger partial charge in [-0.1, -0.05) is 0 Å². The van der Waals surface area contributed by atoms with Crippen LogP contribution in [0.2, 0.25) is 0 Å². The molecule has 1 aromatic rings. The first kappa shape index (κ1) is 10.0. The van der Waals surface area contributed by atoms with Crippen LogP contribution in [0.15, 0.2) is 23.1 Å². The molecule has 72 valence electrons. The molecule has 4 N–H and O–H groups in total. The molecule has 0 aliphatic heterocycles. The Labute approximate surface area is 77.5 Å². The van der Waals surface area contributed by atoms with E-state index in [1.165, 1.54) is 12.1 Å². The minimum Gasteiger partial charge on any atom is -0.398 e. The summed E-state index contributed by atoms with van der Waals surface area (Å²) in [5.74, 6) is 0. The molecule has 0 fully saturated rings. The quantitative estimate of drug-likeness (QED) is 0.664. The Morgan fingerprint density at radius 2 is 2.00 bits per heavy atom. The lowest BCUT2D eigenvalue weighted by atomic mass is 10.2. The Hall–Kier alpha value is -1.07. The van der Waals surface area contributed by atoms with Gasteiger partial charge in [-0.2, -0.15) is 0 Å². The van der Waals surface area contributed by atoms with E-state index in [2.05, 4.69) is 0 Å². The molecule has 0 atom stereocenters. The number of rotatable bonds is 2. The maximum atomic E-state index is 11.1. The van der Waals surface area contributed by atoms with Crippen LogP contribution in [0.3, 0.4) is 0 Å². The molecular formula is C8H12N2O2S. The smallest absolute Gasteiger partial charge is 0.175 e. The number of benzene rings is 1. The number of nitrogens with two attached hydrogens (primary N) is 2. The Morgan fingerprint density at radius 1 is 1.38 bits per heavy atom. The predicted molar refractivity (Wildman–Crippen MR) is 51.9 cm³/mol. The lowest BCUT2D eigenvalue weighted by Gasteiger charge is -2.04. The van der Waals surface area contributed by atoms with Gasteiger partial charge in [-0.25, -0.2) is 8.42 Å². The first-order chi connectivity index (χ1) is 5.95. The van der Waals surface area contributed by atoms with Crippen LogP contribution in [-0.4, -0.2) is 14.7 Å². The van der Waals surface area contributed by atoms with Crippen molar-refractivity contribution in [3.63, 3.8) is 0 Å². The van der Waals surface area contributed by atoms with Crippen LogP contribution in [0, 0.1) is 0 Å². The molecule has 0 saturated heterocycles. The molecule has 1 rings (SSSR count). The third kappa shape index (κ3) is 2.19. The highest BCUT2D eigenvalue weighted by molar-refractivity contribution is 7.90. The Bertz CT molecular complexity index is 412. The van der Waals surface area contributed by atoms with Crippen LogP contribution in [0.4, 0.5) is 5.69 Å². The second-order valence-electron chi connectivity index (χ2n) is 2.84. The zero-order valence-corrected chi connectivity index (χ0v) is 8.14. The van der Waals surface area contributed by atoms with Gasteiger partial charge in [-0.15, -0.1) is 0 Å². The van der Waals surface area contributed by atoms with Crippen molar-refractivity contribution >= 4 is 15.5 Å². The second-order valence-corrected chi connectivity index (χ2v) is 4.85. The van der Waals surface area contributed by atoms with Gasteiger partial charge in [0.05, 0.1) is 4.90 Å². The molecule has 1 aromatic carbocycles. The summed E-state index contributed by atoms with van der Waals surface area (Å²) < 4.78 is 22.3. The summed E-state index contributed by atoms with van der Waals surface area (Å²) in [5.41, 5.74) is 12.1. The van der Waals surface area contributed by atoms with Crippen molar-refractivity contribution in [2.24, 2.45) is 5.73 Å². The van der Waals surface area contributed by atoms with Gasteiger partial charge in [0.1, 0.15) is 0 Å². The lowest BCUT2D eigenvalue weighted by molar-refractivity contribution is 0.602. The minimum absolute atomic E-state index is 0.245. The zero-order chi connectivity index (χ0) is 10.1. The second kappa shape index (κ2) is 3.35. The van der Waals surface area contributed by atoms with Gasteiger partial charge in [0.25, 0.3) is 0 Å². The largest absolute Gasteiger partial charge is 0.398 e. The molecule has 0 spiro atoms. The molecule has 0 heterocycles. The first-order valence-electron chi connectivity index (χ1n) is 3.73. The summed E-state index contributed by atoms with van der Waals surface area (Å²) in [6.07, 6.45) is 1.15. The highest BCUT2D eigenvalue weighted by Crippen LogP contribution is 2.16. The van der Waals surface area contributed by atoms with Crippen molar-refractivity contribution in [1.29, 1.82) is 0 Å². The standard InChI is InChI=1S/C8H12N2O2S/c1-13(11,12)7-2-3-8(10)6(4-7)5-9/h2-4H,5,9-10H2,1H3. The average Bonchev–Trinajstić information content (AvgIpc) is 2.03. The molecule has 0 aromatic heterocycles. The number of anilines is 1. The molecule has 4 nitrogen and oxygen atoms in total. The molecule has 0 saturated carbocycles. The average molecular weight is 200 g/mol. The fraction of sp³-hybridized carbons (Fsp3) is 0.250. The van der Waals surface area contributed by atoms with E-state index in [1.54, 1.807) is 6.07 Å². The van der Waals surface area contributed by atoms with Crippen molar-refractivity contribution in [1.82, 2.24) is 0 Å². The van der Waals surface area contributed by atoms with Crippen LogP contribution < -0.4 is 11.5 Å². The van der Waals surface area contributed by atoms with E-state index in [1.807, 2.05) is 0 Å². The maximum Gasteiger partial charge on any atom is 0.175 e. The molecule has 0 amide bonds. The van der Waals surface area contributed by atoms with Gasteiger partial charge < -0.3 is 11.5 Å². The van der Waals surface area contributed by atoms with Crippen LogP contribution in [0.1, 0.15) is 5.56 Å². The molecule has 0 aliphatic rings. The number of hydrogen-bond acceptors (Lipinski definition) is 4. The van der Waals surface area contributed by atoms with Crippen LogP contribution in [-0.2, 0) is 16.4 Å². The lowest BCUT2D eigenvalue weighted by Crippen LogP contribution is -2.04. The predicted octanol–water partition coefficient (Wildman–Crippen LogP) is 0.131. The van der Waals surface area contributed by atoms with Crippen molar-refractivity contribution in [2.75, 3.05) is 12.0 Å². The van der Waals surface area contributed by atoms with Gasteiger partial charge in [-0.3, -0.25) is 0 Å². The highest BCUT2D eigenvalue weighted by atomic mass is 32.2. The van der Waals surface area contributed by atoms with Gasteiger partial charge in [-0.05, 0) is 23.8 Å². The normalized spacial score (nSPS) is 11.5. The van der Waals surface area contributed by atoms with E-state index >= 15 is 0 Å². The molecule has 13 heavy (non-hydrogen) atoms. The third-order valence-corrected chi connectivity index (χ3v) is 2.87. The minimum atomic E-state index is -3.16. The van der Waals surface area contributed by atoms with Crippen molar-refractivity contribution in [2.45, 2.75) is 11.4 Å². The van der Waals surface area contributed by atoms with E-state index in [9.17, 15) is 8.42 Å². The van der Waals surface area contributed by atoms with Gasteiger partial charge in [0.15, 0.2) is 9.84 Å². The molecule has 5 heteroatoms. The maximum absolute atomic E-state index is 11.1. The van der Waals surface area contributed by atoms with E-state index in [0.717, 1.165) is 6.26 Å². The number of nitrogen functional groups attached to an aromatic ring is 1. The summed E-state index contributed by atoms with van der Waals surface area (Å²) >= 11 is 0. The monoisotopic (exact) mass is 200 g/mol. The fourth-order valence-corrected chi connectivity index (χ4v) is 1.66. The van der Waals surface area contributed by atoms with Gasteiger partial charge in [0, 0.05) is 18.5 Å². The molecular weight excluding hydrogens is 188 g/mol. The fourth-order valence-electron chi connectivity index (χ4n) is 0.990. The molecule has 0 radical (unpaired) electrons. The Kier molecular flexibility index (Phi) is 2.58. The Morgan fingerprint density at radius 3 is 2.46 bits per heavy atom.